The van der Waals surface area contributed by atoms with Crippen LogP contribution in [0.15, 0.2) is 12.4 Å². The second-order valence-electron chi connectivity index (χ2n) is 4.70. The normalized spacial score (nSPS) is 23.2. The van der Waals surface area contributed by atoms with Crippen molar-refractivity contribution >= 4 is 11.7 Å². The molecule has 0 bridgehead atoms. The van der Waals surface area contributed by atoms with E-state index in [-0.39, 0.29) is 18.1 Å². The molecule has 6 heteroatoms. The van der Waals surface area contributed by atoms with Gasteiger partial charge in [-0.2, -0.15) is 0 Å². The van der Waals surface area contributed by atoms with Crippen LogP contribution in [0.2, 0.25) is 0 Å². The largest absolute Gasteiger partial charge is 0.375 e. The second kappa shape index (κ2) is 5.97. The highest BCUT2D eigenvalue weighted by Crippen LogP contribution is 2.17. The van der Waals surface area contributed by atoms with E-state index < -0.39 is 0 Å². The molecule has 1 aliphatic rings. The molecule has 104 valence electrons. The van der Waals surface area contributed by atoms with Crippen molar-refractivity contribution in [3.05, 3.63) is 18.1 Å². The molecule has 0 aromatic carbocycles. The average molecular weight is 264 g/mol. The number of morpholine rings is 1. The lowest BCUT2D eigenvalue weighted by molar-refractivity contribution is -0.0446. The van der Waals surface area contributed by atoms with Crippen molar-refractivity contribution in [1.29, 1.82) is 0 Å². The number of hydrogen-bond acceptors (Lipinski definition) is 5. The molecule has 6 nitrogen and oxygen atoms in total. The molecule has 1 amide bonds. The zero-order valence-corrected chi connectivity index (χ0v) is 11.6. The fourth-order valence-electron chi connectivity index (χ4n) is 2.15. The van der Waals surface area contributed by atoms with Gasteiger partial charge < -0.3 is 15.0 Å². The molecule has 0 radical (unpaired) electrons. The third-order valence-electron chi connectivity index (χ3n) is 3.33. The number of ether oxygens (including phenoxy) is 1. The molecule has 2 rings (SSSR count). The van der Waals surface area contributed by atoms with Crippen LogP contribution in [0.1, 0.15) is 30.8 Å². The van der Waals surface area contributed by atoms with Crippen molar-refractivity contribution in [1.82, 2.24) is 14.9 Å². The maximum absolute atomic E-state index is 12.5. The number of hydrogen-bond donors (Lipinski definition) is 1. The number of nitrogens with one attached hydrogen (secondary N) is 1. The minimum Gasteiger partial charge on any atom is -0.375 e. The van der Waals surface area contributed by atoms with E-state index in [0.717, 1.165) is 6.42 Å². The average Bonchev–Trinajstić information content (AvgIpc) is 2.46. The fourth-order valence-corrected chi connectivity index (χ4v) is 2.15. The highest BCUT2D eigenvalue weighted by atomic mass is 16.5. The molecular weight excluding hydrogens is 244 g/mol. The van der Waals surface area contributed by atoms with Gasteiger partial charge in [0.15, 0.2) is 0 Å². The Hall–Kier alpha value is -1.69. The summed E-state index contributed by atoms with van der Waals surface area (Å²) in [4.78, 5) is 22.6. The van der Waals surface area contributed by atoms with E-state index in [1.54, 1.807) is 13.2 Å². The SMILES string of the molecule is CCC1COC(C)CN1C(=O)c1cnc(NC)cn1. The lowest BCUT2D eigenvalue weighted by atomic mass is 10.1. The van der Waals surface area contributed by atoms with Crippen LogP contribution in [0.3, 0.4) is 0 Å². The lowest BCUT2D eigenvalue weighted by Gasteiger charge is -2.38. The Morgan fingerprint density at radius 1 is 1.53 bits per heavy atom. The van der Waals surface area contributed by atoms with Crippen LogP contribution in [0.25, 0.3) is 0 Å². The van der Waals surface area contributed by atoms with Gasteiger partial charge in [-0.05, 0) is 13.3 Å². The second-order valence-corrected chi connectivity index (χ2v) is 4.70. The minimum atomic E-state index is -0.0721. The van der Waals surface area contributed by atoms with E-state index in [1.807, 2.05) is 11.8 Å². The zero-order valence-electron chi connectivity index (χ0n) is 11.6. The summed E-state index contributed by atoms with van der Waals surface area (Å²) in [5.74, 6) is 0.580. The summed E-state index contributed by atoms with van der Waals surface area (Å²) in [7, 11) is 1.77. The van der Waals surface area contributed by atoms with E-state index in [4.69, 9.17) is 4.74 Å². The summed E-state index contributed by atoms with van der Waals surface area (Å²) < 4.78 is 5.59. The molecule has 1 aromatic rings. The molecule has 19 heavy (non-hydrogen) atoms. The van der Waals surface area contributed by atoms with Crippen molar-refractivity contribution < 1.29 is 9.53 Å². The lowest BCUT2D eigenvalue weighted by Crippen LogP contribution is -2.51. The third-order valence-corrected chi connectivity index (χ3v) is 3.33. The van der Waals surface area contributed by atoms with E-state index >= 15 is 0 Å². The van der Waals surface area contributed by atoms with Gasteiger partial charge in [0.1, 0.15) is 11.5 Å². The Bertz CT molecular complexity index is 435. The Morgan fingerprint density at radius 2 is 2.32 bits per heavy atom. The first-order valence-electron chi connectivity index (χ1n) is 6.58. The number of carbonyl (C=O) groups is 1. The minimum absolute atomic E-state index is 0.0660. The Balaban J connectivity index is 2.15. The summed E-state index contributed by atoms with van der Waals surface area (Å²) in [5, 5.41) is 2.88. The standard InChI is InChI=1S/C13H20N4O2/c1-4-10-8-19-9(2)7-17(10)13(18)11-5-16-12(14-3)6-15-11/h5-6,9-10H,4,7-8H2,1-3H3,(H,14,16). The number of anilines is 1. The highest BCUT2D eigenvalue weighted by Gasteiger charge is 2.30. The van der Waals surface area contributed by atoms with Crippen molar-refractivity contribution in [3.8, 4) is 0 Å². The van der Waals surface area contributed by atoms with Crippen molar-refractivity contribution in [2.45, 2.75) is 32.4 Å². The molecule has 0 saturated carbocycles. The first-order valence-corrected chi connectivity index (χ1v) is 6.58. The van der Waals surface area contributed by atoms with E-state index in [0.29, 0.717) is 24.7 Å². The van der Waals surface area contributed by atoms with Gasteiger partial charge in [0.25, 0.3) is 5.91 Å². The maximum atomic E-state index is 12.5. The van der Waals surface area contributed by atoms with E-state index in [1.165, 1.54) is 6.20 Å². The Labute approximate surface area is 113 Å². The van der Waals surface area contributed by atoms with Crippen molar-refractivity contribution in [2.24, 2.45) is 0 Å². The van der Waals surface area contributed by atoms with Gasteiger partial charge >= 0.3 is 0 Å². The van der Waals surface area contributed by atoms with Crippen molar-refractivity contribution in [2.75, 3.05) is 25.5 Å². The van der Waals surface area contributed by atoms with Crippen molar-refractivity contribution in [3.63, 3.8) is 0 Å². The predicted octanol–water partition coefficient (Wildman–Crippen LogP) is 1.16. The molecule has 1 aromatic heterocycles. The number of aromatic nitrogens is 2. The van der Waals surface area contributed by atoms with Crippen LogP contribution in [-0.4, -0.2) is 53.1 Å². The number of rotatable bonds is 3. The van der Waals surface area contributed by atoms with Gasteiger partial charge in [0.2, 0.25) is 0 Å². The highest BCUT2D eigenvalue weighted by molar-refractivity contribution is 5.92. The van der Waals surface area contributed by atoms with Gasteiger partial charge in [-0.1, -0.05) is 6.92 Å². The van der Waals surface area contributed by atoms with Crippen LogP contribution < -0.4 is 5.32 Å². The molecule has 0 spiro atoms. The van der Waals surface area contributed by atoms with Gasteiger partial charge in [-0.3, -0.25) is 4.79 Å². The predicted molar refractivity (Wildman–Crippen MR) is 72.1 cm³/mol. The van der Waals surface area contributed by atoms with Gasteiger partial charge in [-0.25, -0.2) is 9.97 Å². The quantitative estimate of drug-likeness (QED) is 0.887. The molecule has 1 saturated heterocycles. The zero-order chi connectivity index (χ0) is 13.8. The molecule has 1 N–H and O–H groups in total. The van der Waals surface area contributed by atoms with Gasteiger partial charge in [0.05, 0.1) is 31.1 Å². The molecule has 1 aliphatic heterocycles. The van der Waals surface area contributed by atoms with Gasteiger partial charge in [0, 0.05) is 13.6 Å². The summed E-state index contributed by atoms with van der Waals surface area (Å²) in [6.07, 6.45) is 4.02. The first-order chi connectivity index (χ1) is 9.15. The van der Waals surface area contributed by atoms with E-state index in [2.05, 4.69) is 22.2 Å². The molecule has 0 aliphatic carbocycles. The first kappa shape index (κ1) is 13.7. The summed E-state index contributed by atoms with van der Waals surface area (Å²) in [5.41, 5.74) is 0.381. The number of nitrogens with zero attached hydrogens (tertiary/aromatic N) is 3. The summed E-state index contributed by atoms with van der Waals surface area (Å²) in [6.45, 7) is 5.22. The van der Waals surface area contributed by atoms with Crippen LogP contribution in [0.4, 0.5) is 5.82 Å². The molecule has 2 heterocycles. The number of amides is 1. The fraction of sp³-hybridized carbons (Fsp3) is 0.615. The summed E-state index contributed by atoms with van der Waals surface area (Å²) >= 11 is 0. The molecule has 1 fully saturated rings. The topological polar surface area (TPSA) is 67.3 Å². The smallest absolute Gasteiger partial charge is 0.274 e. The monoisotopic (exact) mass is 264 g/mol. The third kappa shape index (κ3) is 3.01. The van der Waals surface area contributed by atoms with Crippen LogP contribution in [0.5, 0.6) is 0 Å². The van der Waals surface area contributed by atoms with Gasteiger partial charge in [-0.15, -0.1) is 0 Å². The molecular formula is C13H20N4O2. The Kier molecular flexibility index (Phi) is 4.31. The maximum Gasteiger partial charge on any atom is 0.274 e. The van der Waals surface area contributed by atoms with Crippen LogP contribution in [0, 0.1) is 0 Å². The Morgan fingerprint density at radius 3 is 2.89 bits per heavy atom. The van der Waals surface area contributed by atoms with Crippen LogP contribution >= 0.6 is 0 Å². The summed E-state index contributed by atoms with van der Waals surface area (Å²) in [6, 6.07) is 0.120. The molecule has 2 atom stereocenters. The van der Waals surface area contributed by atoms with E-state index in [9.17, 15) is 4.79 Å². The molecule has 2 unspecified atom stereocenters. The number of carbonyl (C=O) groups excluding carboxylic acids is 1. The van der Waals surface area contributed by atoms with Crippen LogP contribution in [-0.2, 0) is 4.74 Å².